The number of hydrogen-bond acceptors (Lipinski definition) is 17. The molecule has 3 saturated heterocycles. The molecule has 0 spiro atoms. The normalized spacial score (nSPS) is 18.5. The van der Waals surface area contributed by atoms with E-state index in [1.54, 1.807) is 28.4 Å². The van der Waals surface area contributed by atoms with Gasteiger partial charge < -0.3 is 54.9 Å². The monoisotopic (exact) mass is 1170 g/mol. The van der Waals surface area contributed by atoms with Crippen LogP contribution < -0.4 is 20.3 Å². The number of aromatic hydroxyl groups is 1. The molecule has 5 N–H and O–H groups in total. The fourth-order valence-corrected chi connectivity index (χ4v) is 12.1. The molecule has 0 radical (unpaired) electrons. The second kappa shape index (κ2) is 26.4. The first-order valence-corrected chi connectivity index (χ1v) is 29.1. The Balaban J connectivity index is 0.767. The molecule has 3 amide bonds. The molecule has 4 atom stereocenters. The van der Waals surface area contributed by atoms with E-state index < -0.39 is 41.2 Å². The number of thiazole rings is 1. The molecule has 0 bridgehead atoms. The van der Waals surface area contributed by atoms with Gasteiger partial charge in [0.2, 0.25) is 23.6 Å². The number of carbonyl (C=O) groups excluding carboxylic acids is 3. The van der Waals surface area contributed by atoms with Crippen LogP contribution >= 0.6 is 22.9 Å². The van der Waals surface area contributed by atoms with Gasteiger partial charge in [-0.1, -0.05) is 87.5 Å². The number of piperazine rings is 1. The average Bonchev–Trinajstić information content (AvgIpc) is 3.26. The summed E-state index contributed by atoms with van der Waals surface area (Å²) in [7, 11) is 0. The number of nitrogens with one attached hydrogen (secondary N) is 2. The van der Waals surface area contributed by atoms with Crippen molar-refractivity contribution in [2.75, 3.05) is 77.1 Å². The minimum atomic E-state index is -1.00. The van der Waals surface area contributed by atoms with Gasteiger partial charge in [-0.2, -0.15) is 15.2 Å². The Hall–Kier alpha value is -7.45. The number of piperidine rings is 1. The van der Waals surface area contributed by atoms with Crippen LogP contribution in [0.25, 0.3) is 43.2 Å². The molecule has 0 saturated carbocycles. The third kappa shape index (κ3) is 14.0. The summed E-state index contributed by atoms with van der Waals surface area (Å²) in [6.45, 7) is 15.9. The number of hydrogen-bond donors (Lipinski definition) is 5. The number of aromatic nitrogens is 3. The van der Waals surface area contributed by atoms with Crippen molar-refractivity contribution in [1.82, 2.24) is 40.3 Å². The number of anilines is 1. The van der Waals surface area contributed by atoms with Crippen molar-refractivity contribution in [3.63, 3.8) is 0 Å². The summed E-state index contributed by atoms with van der Waals surface area (Å²) >= 11 is 8.52. The first-order valence-electron chi connectivity index (χ1n) is 27.8. The van der Waals surface area contributed by atoms with Crippen LogP contribution in [0.5, 0.6) is 11.8 Å². The lowest BCUT2D eigenvalue weighted by Gasteiger charge is -2.41. The Morgan fingerprint density at radius 1 is 1.00 bits per heavy atom. The van der Waals surface area contributed by atoms with Crippen LogP contribution in [0.2, 0.25) is 5.02 Å². The summed E-state index contributed by atoms with van der Waals surface area (Å²) in [6, 6.07) is 20.2. The quantitative estimate of drug-likeness (QED) is 0.0273. The number of carbonyl (C=O) groups is 3. The smallest absolute Gasteiger partial charge is 0.319 e. The van der Waals surface area contributed by atoms with Gasteiger partial charge in [0.05, 0.1) is 83.3 Å². The molecule has 83 heavy (non-hydrogen) atoms. The van der Waals surface area contributed by atoms with E-state index in [2.05, 4.69) is 38.1 Å². The van der Waals surface area contributed by atoms with E-state index in [9.17, 15) is 35.0 Å². The highest BCUT2D eigenvalue weighted by Crippen LogP contribution is 2.43. The van der Waals surface area contributed by atoms with Crippen LogP contribution in [-0.4, -0.2) is 159 Å². The lowest BCUT2D eigenvalue weighted by molar-refractivity contribution is -0.139. The molecular weight excluding hydrogens is 1100 g/mol. The zero-order valence-corrected chi connectivity index (χ0v) is 48.8. The number of phenols is 1. The summed E-state index contributed by atoms with van der Waals surface area (Å²) in [5, 5.41) is 50.2. The van der Waals surface area contributed by atoms with E-state index in [0.717, 1.165) is 34.5 Å². The van der Waals surface area contributed by atoms with Gasteiger partial charge in [-0.25, -0.2) is 9.37 Å². The van der Waals surface area contributed by atoms with Crippen LogP contribution in [0, 0.1) is 29.5 Å². The average molecular weight is 1170 g/mol. The highest BCUT2D eigenvalue weighted by molar-refractivity contribution is 7.13. The number of ether oxygens (including phenoxy) is 3. The number of aryl methyl sites for hydroxylation is 1. The molecule has 4 aromatic carbocycles. The molecule has 6 aromatic rings. The molecule has 22 heteroatoms. The van der Waals surface area contributed by atoms with E-state index >= 15 is 4.39 Å². The van der Waals surface area contributed by atoms with Gasteiger partial charge in [0.25, 0.3) is 0 Å². The summed E-state index contributed by atoms with van der Waals surface area (Å²) in [5.41, 5.74) is 4.61. The predicted octanol–water partition coefficient (Wildman–Crippen LogP) is 8.58. The number of rotatable bonds is 20. The lowest BCUT2D eigenvalue weighted by Crippen LogP contribution is -2.55. The minimum absolute atomic E-state index is 0.0444. The van der Waals surface area contributed by atoms with Gasteiger partial charge in [0.1, 0.15) is 36.3 Å². The molecule has 5 heterocycles. The van der Waals surface area contributed by atoms with Crippen molar-refractivity contribution in [3.05, 3.63) is 119 Å². The highest BCUT2D eigenvalue weighted by atomic mass is 35.5. The van der Waals surface area contributed by atoms with Crippen molar-refractivity contribution in [3.8, 4) is 39.4 Å². The van der Waals surface area contributed by atoms with Crippen LogP contribution in [0.3, 0.4) is 0 Å². The molecule has 0 aliphatic carbocycles. The maximum absolute atomic E-state index is 17.2. The SMILES string of the molecule is C=CC(=O)N1CCN(c2nc(OCCN3CCC(OCCOCC(=O)N[C@H](C(=O)N4C[C@@H](O)C/C4=C(\O)N[C@@H](C)c4ccc(-c5scnc5C)cc4)C(C)(C)C)CC3)nc3c(F)c(-c4cc(O)cc5ccccc45)c(Cl)cc23)C[C@@H]1CC#N. The second-order valence-electron chi connectivity index (χ2n) is 22.2. The third-order valence-corrected chi connectivity index (χ3v) is 16.7. The molecule has 438 valence electrons. The van der Waals surface area contributed by atoms with E-state index in [4.69, 9.17) is 30.8 Å². The summed E-state index contributed by atoms with van der Waals surface area (Å²) in [5.74, 6) is -1.94. The summed E-state index contributed by atoms with van der Waals surface area (Å²) in [6.07, 6.45) is 1.81. The van der Waals surface area contributed by atoms with Crippen molar-refractivity contribution < 1.29 is 48.3 Å². The van der Waals surface area contributed by atoms with Crippen molar-refractivity contribution in [2.45, 2.75) is 90.6 Å². The number of nitrogens with zero attached hydrogens (tertiary/aromatic N) is 8. The minimum Gasteiger partial charge on any atom is -0.508 e. The Kier molecular flexibility index (Phi) is 19.1. The van der Waals surface area contributed by atoms with Crippen LogP contribution in [-0.2, 0) is 23.9 Å². The number of nitriles is 1. The van der Waals surface area contributed by atoms with E-state index in [0.29, 0.717) is 53.7 Å². The highest BCUT2D eigenvalue weighted by Gasteiger charge is 2.42. The Morgan fingerprint density at radius 2 is 1.76 bits per heavy atom. The van der Waals surface area contributed by atoms with Gasteiger partial charge in [-0.3, -0.25) is 19.3 Å². The molecule has 3 fully saturated rings. The number of phenolic OH excluding ortho intramolecular Hbond substituents is 1. The van der Waals surface area contributed by atoms with Gasteiger partial charge in [-0.05, 0) is 83.8 Å². The molecule has 9 rings (SSSR count). The number of aliphatic hydroxyl groups excluding tert-OH is 2. The molecule has 3 aliphatic rings. The predicted molar refractivity (Wildman–Crippen MR) is 316 cm³/mol. The van der Waals surface area contributed by atoms with Crippen LogP contribution in [0.1, 0.15) is 70.7 Å². The number of halogens is 2. The topological polar surface area (TPSA) is 239 Å². The van der Waals surface area contributed by atoms with Gasteiger partial charge in [-0.15, -0.1) is 11.3 Å². The van der Waals surface area contributed by atoms with E-state index in [-0.39, 0.29) is 116 Å². The molecule has 2 aromatic heterocycles. The van der Waals surface area contributed by atoms with Crippen LogP contribution in [0.15, 0.2) is 96.5 Å². The first-order chi connectivity index (χ1) is 39.8. The van der Waals surface area contributed by atoms with Crippen molar-refractivity contribution in [2.24, 2.45) is 5.41 Å². The molecule has 19 nitrogen and oxygen atoms in total. The number of likely N-dealkylation sites (tertiary alicyclic amines) is 2. The van der Waals surface area contributed by atoms with Gasteiger partial charge in [0.15, 0.2) is 5.82 Å². The number of β-amino-alcohol motifs (C(OH)–C–C–N with tert-alkyl or cyclic N) is 1. The van der Waals surface area contributed by atoms with Gasteiger partial charge >= 0.3 is 6.01 Å². The number of fused-ring (bicyclic) bond motifs is 2. The molecule has 3 aliphatic heterocycles. The maximum Gasteiger partial charge on any atom is 0.319 e. The fraction of sp³-hybridized carbons (Fsp3) is 0.426. The second-order valence-corrected chi connectivity index (χ2v) is 23.5. The Morgan fingerprint density at radius 3 is 2.47 bits per heavy atom. The van der Waals surface area contributed by atoms with Crippen LogP contribution in [0.4, 0.5) is 10.2 Å². The van der Waals surface area contributed by atoms with E-state index in [1.165, 1.54) is 17.0 Å². The van der Waals surface area contributed by atoms with Gasteiger partial charge in [0, 0.05) is 56.6 Å². The summed E-state index contributed by atoms with van der Waals surface area (Å²) in [4.78, 5) is 62.2. The molecule has 0 unspecified atom stereocenters. The zero-order chi connectivity index (χ0) is 59.1. The first kappa shape index (κ1) is 60.2. The molecular formula is C61H70ClFN10O9S. The number of aliphatic hydroxyl groups is 2. The fourth-order valence-electron chi connectivity index (χ4n) is 11.0. The van der Waals surface area contributed by atoms with Crippen molar-refractivity contribution in [1.29, 1.82) is 5.26 Å². The Labute approximate surface area is 490 Å². The number of benzene rings is 4. The van der Waals surface area contributed by atoms with Crippen molar-refractivity contribution >= 4 is 68.2 Å². The maximum atomic E-state index is 17.2. The zero-order valence-electron chi connectivity index (χ0n) is 47.2. The summed E-state index contributed by atoms with van der Waals surface area (Å²) < 4.78 is 35.3. The lowest BCUT2D eigenvalue weighted by atomic mass is 9.85. The third-order valence-electron chi connectivity index (χ3n) is 15.4. The number of amides is 3. The van der Waals surface area contributed by atoms with E-state index in [1.807, 2.05) is 93.6 Å². The Bertz CT molecular complexity index is 3430. The largest absolute Gasteiger partial charge is 0.508 e. The standard InChI is InChI=1S/C61H70ClFN10O9S/c1-7-51(77)72-23-22-71(32-41(72)16-19-64)57-47-31-48(62)52(46-29-42(74)28-40-10-8-9-11-45(40)46)53(63)54(47)68-60(69-57)82-25-24-70-20-17-44(18-21-70)81-27-26-80-34-50(76)67-56(61(4,5)6)59(79)73-33-43(75)30-49(73)58(78)66-36(2)38-12-14-39(15-13-38)55-37(3)65-35-83-55/h7-15,28-29,31,35-36,41,43-44,56,66,74-75,78H,1,16-18,20-27,30,32-34H2,2-6H3,(H,67,76)/b58-49+/t36-,41-,43-,56+/m0/s1.